The smallest absolute Gasteiger partial charge is 0.127 e. The lowest BCUT2D eigenvalue weighted by molar-refractivity contribution is 0.305. The minimum absolute atomic E-state index is 0.811. The summed E-state index contributed by atoms with van der Waals surface area (Å²) >= 11 is 0. The summed E-state index contributed by atoms with van der Waals surface area (Å²) in [6, 6.07) is 15.0. The lowest BCUT2D eigenvalue weighted by Crippen LogP contribution is -2.12. The van der Waals surface area contributed by atoms with Crippen LogP contribution in [-0.2, 0) is 0 Å². The molecule has 2 nitrogen and oxygen atoms in total. The van der Waals surface area contributed by atoms with Crippen LogP contribution in [0.4, 0.5) is 0 Å². The van der Waals surface area contributed by atoms with Gasteiger partial charge in [-0.2, -0.15) is 0 Å². The van der Waals surface area contributed by atoms with Crippen molar-refractivity contribution in [2.75, 3.05) is 27.2 Å². The molecule has 0 saturated heterocycles. The Morgan fingerprint density at radius 1 is 0.679 bits per heavy atom. The van der Waals surface area contributed by atoms with Crippen LogP contribution in [0.1, 0.15) is 62.5 Å². The van der Waals surface area contributed by atoms with E-state index in [4.69, 9.17) is 4.74 Å². The van der Waals surface area contributed by atoms with E-state index in [9.17, 15) is 0 Å². The Morgan fingerprint density at radius 2 is 1.29 bits per heavy atom. The van der Waals surface area contributed by atoms with Crippen molar-refractivity contribution in [3.05, 3.63) is 53.6 Å². The van der Waals surface area contributed by atoms with Gasteiger partial charge < -0.3 is 9.64 Å². The molecule has 0 amide bonds. The number of unbranched alkanes of at least 4 members (excludes halogenated alkanes) is 7. The highest BCUT2D eigenvalue weighted by atomic mass is 16.5. The Labute approximate surface area is 172 Å². The fraction of sp³-hybridized carbons (Fsp3) is 0.538. The van der Waals surface area contributed by atoms with E-state index in [-0.39, 0.29) is 0 Å². The van der Waals surface area contributed by atoms with Gasteiger partial charge in [-0.15, -0.1) is 0 Å². The molecule has 0 spiro atoms. The maximum Gasteiger partial charge on any atom is 0.127 e. The molecule has 0 unspecified atom stereocenters. The number of hydrogen-bond acceptors (Lipinski definition) is 2. The molecule has 0 bridgehead atoms. The zero-order valence-electron chi connectivity index (χ0n) is 18.5. The fourth-order valence-electron chi connectivity index (χ4n) is 3.73. The number of benzene rings is 2. The normalized spacial score (nSPS) is 11.2. The van der Waals surface area contributed by atoms with E-state index in [0.29, 0.717) is 0 Å². The molecule has 0 heterocycles. The van der Waals surface area contributed by atoms with E-state index in [1.807, 2.05) is 0 Å². The van der Waals surface area contributed by atoms with Crippen molar-refractivity contribution < 1.29 is 4.74 Å². The van der Waals surface area contributed by atoms with Gasteiger partial charge in [0.25, 0.3) is 0 Å². The van der Waals surface area contributed by atoms with Gasteiger partial charge in [-0.3, -0.25) is 0 Å². The van der Waals surface area contributed by atoms with Crippen LogP contribution in [0, 0.1) is 13.8 Å². The van der Waals surface area contributed by atoms with Crippen LogP contribution < -0.4 is 4.74 Å². The summed E-state index contributed by atoms with van der Waals surface area (Å²) in [4.78, 5) is 2.28. The van der Waals surface area contributed by atoms with Crippen LogP contribution in [0.25, 0.3) is 11.1 Å². The molecule has 0 saturated carbocycles. The molecule has 0 aromatic heterocycles. The Morgan fingerprint density at radius 3 is 1.96 bits per heavy atom. The predicted octanol–water partition coefficient (Wildman–Crippen LogP) is 7.03. The molecule has 0 radical (unpaired) electrons. The SMILES string of the molecule is Cc1ccccc1-c1c(C)cccc1OCCCCCCCCCCN(C)C. The maximum absolute atomic E-state index is 6.20. The predicted molar refractivity (Wildman–Crippen MR) is 122 cm³/mol. The minimum Gasteiger partial charge on any atom is -0.493 e. The van der Waals surface area contributed by atoms with Crippen LogP contribution in [0.15, 0.2) is 42.5 Å². The van der Waals surface area contributed by atoms with Crippen molar-refractivity contribution in [2.45, 2.75) is 65.2 Å². The number of rotatable bonds is 13. The third-order valence-corrected chi connectivity index (χ3v) is 5.41. The monoisotopic (exact) mass is 381 g/mol. The van der Waals surface area contributed by atoms with Crippen molar-refractivity contribution in [1.82, 2.24) is 4.90 Å². The van der Waals surface area contributed by atoms with Gasteiger partial charge in [0, 0.05) is 5.56 Å². The number of hydrogen-bond donors (Lipinski definition) is 0. The van der Waals surface area contributed by atoms with Crippen LogP contribution in [0.3, 0.4) is 0 Å². The summed E-state index contributed by atoms with van der Waals surface area (Å²) in [5.41, 5.74) is 5.11. The average Bonchev–Trinajstić information content (AvgIpc) is 2.67. The molecule has 2 aromatic rings. The second-order valence-electron chi connectivity index (χ2n) is 8.24. The topological polar surface area (TPSA) is 12.5 Å². The van der Waals surface area contributed by atoms with Crippen LogP contribution in [0.2, 0.25) is 0 Å². The third kappa shape index (κ3) is 7.67. The van der Waals surface area contributed by atoms with Gasteiger partial charge in [0.1, 0.15) is 5.75 Å². The van der Waals surface area contributed by atoms with E-state index < -0.39 is 0 Å². The lowest BCUT2D eigenvalue weighted by atomic mass is 9.96. The first kappa shape index (κ1) is 22.5. The molecule has 2 heteroatoms. The molecule has 0 aliphatic heterocycles. The fourth-order valence-corrected chi connectivity index (χ4v) is 3.73. The summed E-state index contributed by atoms with van der Waals surface area (Å²) in [5.74, 6) is 1.02. The number of ether oxygens (including phenoxy) is 1. The van der Waals surface area contributed by atoms with E-state index in [2.05, 4.69) is 75.3 Å². The quantitative estimate of drug-likeness (QED) is 0.345. The zero-order chi connectivity index (χ0) is 20.2. The van der Waals surface area contributed by atoms with E-state index >= 15 is 0 Å². The molecule has 2 rings (SSSR count). The van der Waals surface area contributed by atoms with Gasteiger partial charge in [0.15, 0.2) is 0 Å². The zero-order valence-corrected chi connectivity index (χ0v) is 18.5. The molecule has 0 atom stereocenters. The minimum atomic E-state index is 0.811. The Bertz CT molecular complexity index is 693. The molecule has 0 N–H and O–H groups in total. The highest BCUT2D eigenvalue weighted by Crippen LogP contribution is 2.35. The van der Waals surface area contributed by atoms with Crippen molar-refractivity contribution in [2.24, 2.45) is 0 Å². The largest absolute Gasteiger partial charge is 0.493 e. The first-order valence-corrected chi connectivity index (χ1v) is 11.0. The summed E-state index contributed by atoms with van der Waals surface area (Å²) in [6.45, 7) is 6.38. The first-order valence-electron chi connectivity index (χ1n) is 11.0. The second kappa shape index (κ2) is 12.6. The van der Waals surface area contributed by atoms with Gasteiger partial charge in [-0.1, -0.05) is 74.9 Å². The number of aryl methyl sites for hydroxylation is 2. The summed E-state index contributed by atoms with van der Waals surface area (Å²) in [6.07, 6.45) is 10.6. The first-order chi connectivity index (χ1) is 13.6. The van der Waals surface area contributed by atoms with Gasteiger partial charge in [-0.05, 0) is 70.1 Å². The molecule has 0 aliphatic carbocycles. The molecule has 28 heavy (non-hydrogen) atoms. The highest BCUT2D eigenvalue weighted by molar-refractivity contribution is 5.76. The van der Waals surface area contributed by atoms with Crippen LogP contribution >= 0.6 is 0 Å². The molecule has 154 valence electrons. The van der Waals surface area contributed by atoms with E-state index in [0.717, 1.165) is 18.8 Å². The molecular weight excluding hydrogens is 342 g/mol. The Hall–Kier alpha value is -1.80. The van der Waals surface area contributed by atoms with Gasteiger partial charge >= 0.3 is 0 Å². The lowest BCUT2D eigenvalue weighted by Gasteiger charge is -2.16. The van der Waals surface area contributed by atoms with Gasteiger partial charge in [0.2, 0.25) is 0 Å². The molecule has 2 aromatic carbocycles. The Balaban J connectivity index is 1.69. The van der Waals surface area contributed by atoms with Crippen molar-refractivity contribution in [3.8, 4) is 16.9 Å². The summed E-state index contributed by atoms with van der Waals surface area (Å²) < 4.78 is 6.20. The van der Waals surface area contributed by atoms with E-state index in [1.165, 1.54) is 73.7 Å². The number of nitrogens with zero attached hydrogens (tertiary/aromatic N) is 1. The van der Waals surface area contributed by atoms with Crippen molar-refractivity contribution >= 4 is 0 Å². The second-order valence-corrected chi connectivity index (χ2v) is 8.24. The average molecular weight is 382 g/mol. The Kier molecular flexibility index (Phi) is 10.1. The van der Waals surface area contributed by atoms with Crippen molar-refractivity contribution in [3.63, 3.8) is 0 Å². The highest BCUT2D eigenvalue weighted by Gasteiger charge is 2.11. The van der Waals surface area contributed by atoms with Crippen molar-refractivity contribution in [1.29, 1.82) is 0 Å². The maximum atomic E-state index is 6.20. The van der Waals surface area contributed by atoms with Crippen LogP contribution in [0.5, 0.6) is 5.75 Å². The van der Waals surface area contributed by atoms with E-state index in [1.54, 1.807) is 0 Å². The summed E-state index contributed by atoms with van der Waals surface area (Å²) in [7, 11) is 4.31. The third-order valence-electron chi connectivity index (χ3n) is 5.41. The molecule has 0 aliphatic rings. The molecule has 0 fully saturated rings. The summed E-state index contributed by atoms with van der Waals surface area (Å²) in [5, 5.41) is 0. The molecular formula is C26H39NO. The van der Waals surface area contributed by atoms with Gasteiger partial charge in [-0.25, -0.2) is 0 Å². The van der Waals surface area contributed by atoms with Crippen LogP contribution in [-0.4, -0.2) is 32.1 Å². The standard InChI is InChI=1S/C26H39NO/c1-22-16-11-12-18-24(22)26-23(2)17-15-19-25(26)28-21-14-10-8-6-5-7-9-13-20-27(3)4/h11-12,15-19H,5-10,13-14,20-21H2,1-4H3. The van der Waals surface area contributed by atoms with Gasteiger partial charge in [0.05, 0.1) is 6.61 Å².